The van der Waals surface area contributed by atoms with Gasteiger partial charge in [0.2, 0.25) is 0 Å². The predicted octanol–water partition coefficient (Wildman–Crippen LogP) is 3.49. The second-order valence-electron chi connectivity index (χ2n) is 3.76. The van der Waals surface area contributed by atoms with Crippen LogP contribution in [0.25, 0.3) is 0 Å². The number of nitrogens with one attached hydrogen (secondary N) is 1. The first-order chi connectivity index (χ1) is 7.81. The predicted molar refractivity (Wildman–Crippen MR) is 66.7 cm³/mol. The van der Waals surface area contributed by atoms with Gasteiger partial charge in [-0.3, -0.25) is 0 Å². The summed E-state index contributed by atoms with van der Waals surface area (Å²) in [4.78, 5) is 7.28. The molecule has 0 amide bonds. The summed E-state index contributed by atoms with van der Waals surface area (Å²) in [6.07, 6.45) is 5.33. The van der Waals surface area contributed by atoms with E-state index in [4.69, 9.17) is 11.6 Å². The van der Waals surface area contributed by atoms with E-state index in [2.05, 4.69) is 35.1 Å². The van der Waals surface area contributed by atoms with Gasteiger partial charge in [-0.2, -0.15) is 0 Å². The van der Waals surface area contributed by atoms with E-state index in [9.17, 15) is 0 Å². The maximum absolute atomic E-state index is 6.42. The fraction of sp³-hybridized carbons (Fsp3) is 0.308. The Bertz CT molecular complexity index is 437. The van der Waals surface area contributed by atoms with Crippen molar-refractivity contribution < 1.29 is 0 Å². The lowest BCUT2D eigenvalue weighted by atomic mass is 10.0. The summed E-state index contributed by atoms with van der Waals surface area (Å²) < 4.78 is 0. The molecule has 0 spiro atoms. The van der Waals surface area contributed by atoms with Crippen LogP contribution in [-0.4, -0.2) is 9.97 Å². The lowest BCUT2D eigenvalue weighted by molar-refractivity contribution is 0.841. The molecule has 1 atom stereocenters. The van der Waals surface area contributed by atoms with Crippen molar-refractivity contribution in [3.05, 3.63) is 53.6 Å². The first-order valence-electron chi connectivity index (χ1n) is 5.51. The maximum atomic E-state index is 6.42. The van der Waals surface area contributed by atoms with Crippen LogP contribution < -0.4 is 0 Å². The summed E-state index contributed by atoms with van der Waals surface area (Å²) in [6.45, 7) is 2.15. The second kappa shape index (κ2) is 5.17. The molecule has 16 heavy (non-hydrogen) atoms. The van der Waals surface area contributed by atoms with Crippen LogP contribution in [0.1, 0.15) is 29.3 Å². The van der Waals surface area contributed by atoms with Gasteiger partial charge in [-0.25, -0.2) is 4.98 Å². The number of aromatic amines is 1. The van der Waals surface area contributed by atoms with E-state index in [0.29, 0.717) is 0 Å². The number of imidazole rings is 1. The molecule has 1 heterocycles. The average Bonchev–Trinajstić information content (AvgIpc) is 2.81. The van der Waals surface area contributed by atoms with Crippen molar-refractivity contribution in [1.29, 1.82) is 0 Å². The van der Waals surface area contributed by atoms with Crippen molar-refractivity contribution in [2.75, 3.05) is 0 Å². The van der Waals surface area contributed by atoms with Gasteiger partial charge in [-0.1, -0.05) is 31.2 Å². The minimum absolute atomic E-state index is 0.0118. The summed E-state index contributed by atoms with van der Waals surface area (Å²) in [7, 11) is 0. The standard InChI is InChI=1S/C13H15ClN2/c1-2-10-5-3-4-6-11(10)12(14)9-13-15-7-8-16-13/h3-8,12H,2,9H2,1H3,(H,15,16). The number of hydrogen-bond acceptors (Lipinski definition) is 1. The molecule has 1 unspecified atom stereocenters. The molecule has 0 fully saturated rings. The first kappa shape index (κ1) is 11.2. The van der Waals surface area contributed by atoms with Crippen LogP contribution in [0.5, 0.6) is 0 Å². The third-order valence-corrected chi connectivity index (χ3v) is 3.09. The van der Waals surface area contributed by atoms with Crippen molar-refractivity contribution in [1.82, 2.24) is 9.97 Å². The van der Waals surface area contributed by atoms with E-state index in [1.54, 1.807) is 6.20 Å². The zero-order chi connectivity index (χ0) is 11.4. The van der Waals surface area contributed by atoms with Crippen molar-refractivity contribution in [2.45, 2.75) is 25.1 Å². The van der Waals surface area contributed by atoms with Crippen LogP contribution in [0.15, 0.2) is 36.7 Å². The SMILES string of the molecule is CCc1ccccc1C(Cl)Cc1ncc[nH]1. The molecule has 2 rings (SSSR count). The number of H-pyrrole nitrogens is 1. The number of hydrogen-bond donors (Lipinski definition) is 1. The highest BCUT2D eigenvalue weighted by Crippen LogP contribution is 2.27. The first-order valence-corrected chi connectivity index (χ1v) is 5.95. The van der Waals surface area contributed by atoms with Crippen molar-refractivity contribution >= 4 is 11.6 Å². The number of benzene rings is 1. The monoisotopic (exact) mass is 234 g/mol. The minimum Gasteiger partial charge on any atom is -0.349 e. The van der Waals surface area contributed by atoms with Gasteiger partial charge in [0.1, 0.15) is 5.82 Å². The van der Waals surface area contributed by atoms with Crippen molar-refractivity contribution in [3.63, 3.8) is 0 Å². The molecule has 0 aliphatic carbocycles. The topological polar surface area (TPSA) is 28.7 Å². The molecule has 2 aromatic rings. The molecule has 0 bridgehead atoms. The lowest BCUT2D eigenvalue weighted by Crippen LogP contribution is -2.01. The quantitative estimate of drug-likeness (QED) is 0.806. The third kappa shape index (κ3) is 2.45. The van der Waals surface area contributed by atoms with Gasteiger partial charge in [-0.05, 0) is 17.5 Å². The Kier molecular flexibility index (Phi) is 3.62. The highest BCUT2D eigenvalue weighted by atomic mass is 35.5. The van der Waals surface area contributed by atoms with Crippen LogP contribution in [0, 0.1) is 0 Å². The van der Waals surface area contributed by atoms with E-state index in [1.165, 1.54) is 11.1 Å². The lowest BCUT2D eigenvalue weighted by Gasteiger charge is -2.12. The number of rotatable bonds is 4. The highest BCUT2D eigenvalue weighted by molar-refractivity contribution is 6.21. The summed E-state index contributed by atoms with van der Waals surface area (Å²) in [5.74, 6) is 0.936. The van der Waals surface area contributed by atoms with Crippen molar-refractivity contribution in [2.24, 2.45) is 0 Å². The Morgan fingerprint density at radius 3 is 2.88 bits per heavy atom. The van der Waals surface area contributed by atoms with Crippen LogP contribution in [-0.2, 0) is 12.8 Å². The molecule has 0 aliphatic heterocycles. The van der Waals surface area contributed by atoms with Gasteiger partial charge < -0.3 is 4.98 Å². The zero-order valence-corrected chi connectivity index (χ0v) is 10.0. The van der Waals surface area contributed by atoms with Crippen LogP contribution in [0.2, 0.25) is 0 Å². The van der Waals surface area contributed by atoms with Gasteiger partial charge in [0.25, 0.3) is 0 Å². The molecular weight excluding hydrogens is 220 g/mol. The fourth-order valence-corrected chi connectivity index (χ4v) is 2.21. The fourth-order valence-electron chi connectivity index (χ4n) is 1.85. The van der Waals surface area contributed by atoms with E-state index in [0.717, 1.165) is 18.7 Å². The van der Waals surface area contributed by atoms with E-state index in [-0.39, 0.29) is 5.38 Å². The Morgan fingerprint density at radius 2 is 2.19 bits per heavy atom. The Hall–Kier alpha value is -1.28. The summed E-state index contributed by atoms with van der Waals surface area (Å²) in [6, 6.07) is 8.32. The van der Waals surface area contributed by atoms with E-state index >= 15 is 0 Å². The number of aryl methyl sites for hydroxylation is 1. The molecule has 3 heteroatoms. The second-order valence-corrected chi connectivity index (χ2v) is 4.29. The Morgan fingerprint density at radius 1 is 1.38 bits per heavy atom. The smallest absolute Gasteiger partial charge is 0.107 e. The molecule has 84 valence electrons. The Labute approximate surface area is 101 Å². The van der Waals surface area contributed by atoms with Gasteiger partial charge in [0.05, 0.1) is 5.38 Å². The Balaban J connectivity index is 2.17. The molecule has 2 nitrogen and oxygen atoms in total. The van der Waals surface area contributed by atoms with Gasteiger partial charge >= 0.3 is 0 Å². The molecule has 0 saturated heterocycles. The summed E-state index contributed by atoms with van der Waals surface area (Å²) >= 11 is 6.42. The third-order valence-electron chi connectivity index (χ3n) is 2.70. The maximum Gasteiger partial charge on any atom is 0.107 e. The van der Waals surface area contributed by atoms with Crippen LogP contribution >= 0.6 is 11.6 Å². The molecule has 1 N–H and O–H groups in total. The largest absolute Gasteiger partial charge is 0.349 e. The highest BCUT2D eigenvalue weighted by Gasteiger charge is 2.12. The van der Waals surface area contributed by atoms with Crippen LogP contribution in [0.3, 0.4) is 0 Å². The number of aromatic nitrogens is 2. The zero-order valence-electron chi connectivity index (χ0n) is 9.28. The van der Waals surface area contributed by atoms with Gasteiger partial charge in [0, 0.05) is 18.8 Å². The molecule has 0 saturated carbocycles. The number of halogens is 1. The minimum atomic E-state index is -0.0118. The molecule has 0 radical (unpaired) electrons. The van der Waals surface area contributed by atoms with Crippen molar-refractivity contribution in [3.8, 4) is 0 Å². The van der Waals surface area contributed by atoms with Crippen LogP contribution in [0.4, 0.5) is 0 Å². The number of alkyl halides is 1. The summed E-state index contributed by atoms with van der Waals surface area (Å²) in [5, 5.41) is -0.0118. The normalized spacial score (nSPS) is 12.6. The van der Waals surface area contributed by atoms with Gasteiger partial charge in [-0.15, -0.1) is 11.6 Å². The number of nitrogens with zero attached hydrogens (tertiary/aromatic N) is 1. The average molecular weight is 235 g/mol. The molecular formula is C13H15ClN2. The van der Waals surface area contributed by atoms with Gasteiger partial charge in [0.15, 0.2) is 0 Å². The summed E-state index contributed by atoms with van der Waals surface area (Å²) in [5.41, 5.74) is 2.53. The van der Waals surface area contributed by atoms with E-state index < -0.39 is 0 Å². The van der Waals surface area contributed by atoms with E-state index in [1.807, 2.05) is 12.3 Å². The molecule has 1 aromatic heterocycles. The molecule has 0 aliphatic rings. The molecule has 1 aromatic carbocycles.